The van der Waals surface area contributed by atoms with Crippen LogP contribution in [0.3, 0.4) is 0 Å². The Morgan fingerprint density at radius 3 is 2.90 bits per heavy atom. The van der Waals surface area contributed by atoms with Gasteiger partial charge in [0.25, 0.3) is 0 Å². The summed E-state index contributed by atoms with van der Waals surface area (Å²) in [6, 6.07) is 7.35. The highest BCUT2D eigenvalue weighted by molar-refractivity contribution is 7.14. The van der Waals surface area contributed by atoms with Gasteiger partial charge in [0.1, 0.15) is 0 Å². The van der Waals surface area contributed by atoms with Crippen LogP contribution in [0.4, 0.5) is 10.8 Å². The highest BCUT2D eigenvalue weighted by Crippen LogP contribution is 2.21. The molecule has 104 valence electrons. The molecule has 0 aliphatic heterocycles. The van der Waals surface area contributed by atoms with Crippen molar-refractivity contribution < 1.29 is 4.79 Å². The van der Waals surface area contributed by atoms with Crippen molar-refractivity contribution in [3.63, 3.8) is 0 Å². The number of aromatic nitrogens is 1. The van der Waals surface area contributed by atoms with E-state index in [9.17, 15) is 4.79 Å². The number of hydrogen-bond acceptors (Lipinski definition) is 4. The van der Waals surface area contributed by atoms with Gasteiger partial charge in [0.05, 0.1) is 5.69 Å². The minimum absolute atomic E-state index is 0.197. The van der Waals surface area contributed by atoms with Gasteiger partial charge in [-0.25, -0.2) is 4.98 Å². The molecule has 0 aliphatic rings. The van der Waals surface area contributed by atoms with Crippen molar-refractivity contribution >= 4 is 34.1 Å². The van der Waals surface area contributed by atoms with Crippen molar-refractivity contribution in [2.24, 2.45) is 0 Å². The maximum atomic E-state index is 11.8. The van der Waals surface area contributed by atoms with Crippen LogP contribution in [0.5, 0.6) is 0 Å². The SMILES string of the molecule is CC(C)c1csc(NC(=O)/C=C/c2cccc(N)c2)n1. The van der Waals surface area contributed by atoms with Crippen LogP contribution < -0.4 is 11.1 Å². The first-order valence-corrected chi connectivity index (χ1v) is 7.22. The Hall–Kier alpha value is -2.14. The molecular formula is C15H17N3OS. The summed E-state index contributed by atoms with van der Waals surface area (Å²) in [4.78, 5) is 16.1. The number of nitrogen functional groups attached to an aromatic ring is 1. The zero-order valence-corrected chi connectivity index (χ0v) is 12.3. The normalized spacial score (nSPS) is 11.2. The molecule has 0 bridgehead atoms. The Bertz CT molecular complexity index is 632. The van der Waals surface area contributed by atoms with Gasteiger partial charge in [0.15, 0.2) is 5.13 Å². The minimum Gasteiger partial charge on any atom is -0.399 e. The first kappa shape index (κ1) is 14.3. The zero-order chi connectivity index (χ0) is 14.5. The van der Waals surface area contributed by atoms with Crippen molar-refractivity contribution in [3.05, 3.63) is 47.0 Å². The van der Waals surface area contributed by atoms with Gasteiger partial charge in [-0.15, -0.1) is 11.3 Å². The second-order valence-corrected chi connectivity index (χ2v) is 5.58. The Kier molecular flexibility index (Phi) is 4.53. The molecule has 5 heteroatoms. The highest BCUT2D eigenvalue weighted by Gasteiger charge is 2.06. The van der Waals surface area contributed by atoms with E-state index in [0.717, 1.165) is 11.3 Å². The predicted octanol–water partition coefficient (Wildman–Crippen LogP) is 3.50. The second-order valence-electron chi connectivity index (χ2n) is 4.72. The largest absolute Gasteiger partial charge is 0.399 e. The lowest BCUT2D eigenvalue weighted by atomic mass is 10.2. The molecule has 1 aromatic heterocycles. The summed E-state index contributed by atoms with van der Waals surface area (Å²) >= 11 is 1.43. The van der Waals surface area contributed by atoms with Crippen molar-refractivity contribution in [1.29, 1.82) is 0 Å². The third-order valence-electron chi connectivity index (χ3n) is 2.68. The van der Waals surface area contributed by atoms with Gasteiger partial charge in [-0.05, 0) is 29.7 Å². The van der Waals surface area contributed by atoms with Gasteiger partial charge in [-0.2, -0.15) is 0 Å². The van der Waals surface area contributed by atoms with Gasteiger partial charge in [0, 0.05) is 17.1 Å². The third kappa shape index (κ3) is 3.93. The van der Waals surface area contributed by atoms with Crippen LogP contribution in [-0.4, -0.2) is 10.9 Å². The Morgan fingerprint density at radius 1 is 1.45 bits per heavy atom. The van der Waals surface area contributed by atoms with Crippen LogP contribution in [0.1, 0.15) is 31.0 Å². The number of nitrogens with two attached hydrogens (primary N) is 1. The number of thiazole rings is 1. The molecule has 0 unspecified atom stereocenters. The molecule has 0 spiro atoms. The van der Waals surface area contributed by atoms with E-state index in [-0.39, 0.29) is 5.91 Å². The fraction of sp³-hybridized carbons (Fsp3) is 0.200. The molecule has 2 rings (SSSR count). The van der Waals surface area contributed by atoms with Gasteiger partial charge in [0.2, 0.25) is 5.91 Å². The second kappa shape index (κ2) is 6.34. The van der Waals surface area contributed by atoms with E-state index in [2.05, 4.69) is 24.1 Å². The van der Waals surface area contributed by atoms with Crippen molar-refractivity contribution in [2.75, 3.05) is 11.1 Å². The maximum Gasteiger partial charge on any atom is 0.250 e. The van der Waals surface area contributed by atoms with E-state index >= 15 is 0 Å². The number of amides is 1. The minimum atomic E-state index is -0.197. The number of benzene rings is 1. The number of hydrogen-bond donors (Lipinski definition) is 2. The van der Waals surface area contributed by atoms with E-state index < -0.39 is 0 Å². The molecule has 1 aromatic carbocycles. The molecule has 0 atom stereocenters. The average Bonchev–Trinajstić information content (AvgIpc) is 2.85. The molecule has 0 saturated carbocycles. The topological polar surface area (TPSA) is 68.0 Å². The van der Waals surface area contributed by atoms with Crippen LogP contribution in [0.15, 0.2) is 35.7 Å². The van der Waals surface area contributed by atoms with Crippen LogP contribution in [0.25, 0.3) is 6.08 Å². The molecule has 2 aromatic rings. The van der Waals surface area contributed by atoms with Gasteiger partial charge in [-0.3, -0.25) is 10.1 Å². The molecule has 1 heterocycles. The lowest BCUT2D eigenvalue weighted by Crippen LogP contribution is -2.07. The third-order valence-corrected chi connectivity index (χ3v) is 3.46. The van der Waals surface area contributed by atoms with Gasteiger partial charge >= 0.3 is 0 Å². The van der Waals surface area contributed by atoms with E-state index in [1.165, 1.54) is 17.4 Å². The molecule has 1 amide bonds. The zero-order valence-electron chi connectivity index (χ0n) is 11.5. The lowest BCUT2D eigenvalue weighted by molar-refractivity contribution is -0.111. The number of anilines is 2. The van der Waals surface area contributed by atoms with E-state index in [4.69, 9.17) is 5.73 Å². The van der Waals surface area contributed by atoms with Crippen LogP contribution in [-0.2, 0) is 4.79 Å². The van der Waals surface area contributed by atoms with Crippen LogP contribution >= 0.6 is 11.3 Å². The fourth-order valence-electron chi connectivity index (χ4n) is 1.59. The van der Waals surface area contributed by atoms with Crippen molar-refractivity contribution in [3.8, 4) is 0 Å². The molecule has 20 heavy (non-hydrogen) atoms. The average molecular weight is 287 g/mol. The number of carbonyl (C=O) groups is 1. The molecule has 0 radical (unpaired) electrons. The number of nitrogens with one attached hydrogen (secondary N) is 1. The Morgan fingerprint density at radius 2 is 2.25 bits per heavy atom. The Balaban J connectivity index is 1.98. The van der Waals surface area contributed by atoms with E-state index in [0.29, 0.717) is 16.7 Å². The first-order valence-electron chi connectivity index (χ1n) is 6.34. The van der Waals surface area contributed by atoms with Crippen LogP contribution in [0.2, 0.25) is 0 Å². The summed E-state index contributed by atoms with van der Waals surface area (Å²) in [6.45, 7) is 4.14. The van der Waals surface area contributed by atoms with E-state index in [1.54, 1.807) is 12.1 Å². The molecule has 0 fully saturated rings. The number of rotatable bonds is 4. The summed E-state index contributed by atoms with van der Waals surface area (Å²) in [5.41, 5.74) is 8.23. The standard InChI is InChI=1S/C15H17N3OS/c1-10(2)13-9-20-15(17-13)18-14(19)7-6-11-4-3-5-12(16)8-11/h3-10H,16H2,1-2H3,(H,17,18,19)/b7-6+. The summed E-state index contributed by atoms with van der Waals surface area (Å²) in [7, 11) is 0. The summed E-state index contributed by atoms with van der Waals surface area (Å²) in [5.74, 6) is 0.164. The highest BCUT2D eigenvalue weighted by atomic mass is 32.1. The summed E-state index contributed by atoms with van der Waals surface area (Å²) in [5, 5.41) is 5.33. The molecule has 3 N–H and O–H groups in total. The molecule has 4 nitrogen and oxygen atoms in total. The molecule has 0 saturated heterocycles. The van der Waals surface area contributed by atoms with Gasteiger partial charge < -0.3 is 5.73 Å². The number of nitrogens with zero attached hydrogens (tertiary/aromatic N) is 1. The Labute approximate surface area is 122 Å². The van der Waals surface area contributed by atoms with E-state index in [1.807, 2.05) is 23.6 Å². The molecule has 0 aliphatic carbocycles. The van der Waals surface area contributed by atoms with Crippen LogP contribution in [0, 0.1) is 0 Å². The predicted molar refractivity (Wildman–Crippen MR) is 84.7 cm³/mol. The molecular weight excluding hydrogens is 270 g/mol. The van der Waals surface area contributed by atoms with Crippen molar-refractivity contribution in [2.45, 2.75) is 19.8 Å². The summed E-state index contributed by atoms with van der Waals surface area (Å²) < 4.78 is 0. The summed E-state index contributed by atoms with van der Waals surface area (Å²) in [6.07, 6.45) is 3.20. The quantitative estimate of drug-likeness (QED) is 0.668. The number of carbonyl (C=O) groups excluding carboxylic acids is 1. The maximum absolute atomic E-state index is 11.8. The van der Waals surface area contributed by atoms with Gasteiger partial charge in [-0.1, -0.05) is 26.0 Å². The monoisotopic (exact) mass is 287 g/mol. The smallest absolute Gasteiger partial charge is 0.250 e. The first-order chi connectivity index (χ1) is 9.54. The lowest BCUT2D eigenvalue weighted by Gasteiger charge is -1.99. The van der Waals surface area contributed by atoms with Crippen molar-refractivity contribution in [1.82, 2.24) is 4.98 Å². The fourth-order valence-corrected chi connectivity index (χ4v) is 2.47.